The van der Waals surface area contributed by atoms with Crippen molar-refractivity contribution in [2.24, 2.45) is 0 Å². The molecule has 1 aromatic rings. The Bertz CT molecular complexity index is 554. The number of sulfonamides is 1. The summed E-state index contributed by atoms with van der Waals surface area (Å²) >= 11 is 1.85. The van der Waals surface area contributed by atoms with Crippen molar-refractivity contribution in [2.45, 2.75) is 41.9 Å². The summed E-state index contributed by atoms with van der Waals surface area (Å²) in [5.41, 5.74) is -0.306. The summed E-state index contributed by atoms with van der Waals surface area (Å²) in [7, 11) is -3.53. The van der Waals surface area contributed by atoms with Crippen LogP contribution in [-0.4, -0.2) is 30.9 Å². The van der Waals surface area contributed by atoms with Gasteiger partial charge >= 0.3 is 0 Å². The second-order valence-corrected chi connectivity index (χ2v) is 7.57. The van der Waals surface area contributed by atoms with Crippen LogP contribution in [0.2, 0.25) is 0 Å². The van der Waals surface area contributed by atoms with E-state index in [1.165, 1.54) is 18.3 Å². The summed E-state index contributed by atoms with van der Waals surface area (Å²) in [5.74, 6) is 0. The average molecular weight is 302 g/mol. The fourth-order valence-electron chi connectivity index (χ4n) is 2.27. The SMILES string of the molecule is CSC1CCC(NS(=O)(=O)c2ccc(=O)[nH]c2)CC1. The van der Waals surface area contributed by atoms with Crippen molar-refractivity contribution in [1.82, 2.24) is 9.71 Å². The second kappa shape index (κ2) is 6.11. The zero-order valence-electron chi connectivity index (χ0n) is 10.8. The third kappa shape index (κ3) is 3.84. The molecule has 1 aliphatic rings. The first kappa shape index (κ1) is 14.6. The fourth-order valence-corrected chi connectivity index (χ4v) is 4.28. The van der Waals surface area contributed by atoms with Crippen LogP contribution in [0.4, 0.5) is 0 Å². The lowest BCUT2D eigenvalue weighted by Gasteiger charge is -2.27. The smallest absolute Gasteiger partial charge is 0.247 e. The van der Waals surface area contributed by atoms with Gasteiger partial charge < -0.3 is 4.98 Å². The molecule has 19 heavy (non-hydrogen) atoms. The van der Waals surface area contributed by atoms with E-state index in [1.54, 1.807) is 0 Å². The molecule has 1 saturated carbocycles. The molecule has 0 radical (unpaired) electrons. The number of nitrogens with one attached hydrogen (secondary N) is 2. The topological polar surface area (TPSA) is 79.0 Å². The first-order valence-electron chi connectivity index (χ1n) is 6.25. The van der Waals surface area contributed by atoms with Crippen molar-refractivity contribution in [2.75, 3.05) is 6.26 Å². The molecule has 0 spiro atoms. The number of aromatic amines is 1. The van der Waals surface area contributed by atoms with Gasteiger partial charge in [0.1, 0.15) is 0 Å². The van der Waals surface area contributed by atoms with Crippen molar-refractivity contribution >= 4 is 21.8 Å². The molecule has 0 unspecified atom stereocenters. The number of H-pyrrole nitrogens is 1. The quantitative estimate of drug-likeness (QED) is 0.879. The van der Waals surface area contributed by atoms with Gasteiger partial charge in [0.05, 0.1) is 4.90 Å². The Kier molecular flexibility index (Phi) is 4.70. The second-order valence-electron chi connectivity index (χ2n) is 4.72. The highest BCUT2D eigenvalue weighted by atomic mass is 32.2. The largest absolute Gasteiger partial charge is 0.328 e. The van der Waals surface area contributed by atoms with Gasteiger partial charge in [0, 0.05) is 23.6 Å². The molecule has 0 aliphatic heterocycles. The van der Waals surface area contributed by atoms with E-state index in [-0.39, 0.29) is 16.5 Å². The molecule has 7 heteroatoms. The highest BCUT2D eigenvalue weighted by Crippen LogP contribution is 2.27. The Morgan fingerprint density at radius 3 is 2.47 bits per heavy atom. The van der Waals surface area contributed by atoms with E-state index in [2.05, 4.69) is 16.0 Å². The molecule has 0 aromatic carbocycles. The minimum Gasteiger partial charge on any atom is -0.328 e. The average Bonchev–Trinajstić information content (AvgIpc) is 2.40. The van der Waals surface area contributed by atoms with Gasteiger partial charge in [-0.1, -0.05) is 0 Å². The summed E-state index contributed by atoms with van der Waals surface area (Å²) < 4.78 is 27.0. The van der Waals surface area contributed by atoms with Crippen LogP contribution in [0.5, 0.6) is 0 Å². The highest BCUT2D eigenvalue weighted by molar-refractivity contribution is 7.99. The molecule has 0 amide bonds. The van der Waals surface area contributed by atoms with E-state index in [9.17, 15) is 13.2 Å². The fraction of sp³-hybridized carbons (Fsp3) is 0.583. The Hall–Kier alpha value is -0.790. The van der Waals surface area contributed by atoms with Crippen LogP contribution in [0, 0.1) is 0 Å². The Labute approximate surface area is 117 Å². The van der Waals surface area contributed by atoms with Gasteiger partial charge in [-0.15, -0.1) is 0 Å². The molecule has 2 N–H and O–H groups in total. The Morgan fingerprint density at radius 1 is 1.26 bits per heavy atom. The van der Waals surface area contributed by atoms with Crippen LogP contribution in [0.25, 0.3) is 0 Å². The number of aromatic nitrogens is 1. The molecule has 1 heterocycles. The number of rotatable bonds is 4. The zero-order chi connectivity index (χ0) is 13.9. The van der Waals surface area contributed by atoms with Crippen molar-refractivity contribution in [3.8, 4) is 0 Å². The van der Waals surface area contributed by atoms with E-state index in [1.807, 2.05) is 11.8 Å². The van der Waals surface area contributed by atoms with Crippen molar-refractivity contribution in [3.05, 3.63) is 28.7 Å². The molecule has 2 rings (SSSR count). The molecular weight excluding hydrogens is 284 g/mol. The van der Waals surface area contributed by atoms with Gasteiger partial charge in [-0.2, -0.15) is 11.8 Å². The molecular formula is C12H18N2O3S2. The predicted molar refractivity (Wildman–Crippen MR) is 76.9 cm³/mol. The van der Waals surface area contributed by atoms with Gasteiger partial charge in [0.2, 0.25) is 15.6 Å². The van der Waals surface area contributed by atoms with Crippen LogP contribution >= 0.6 is 11.8 Å². The molecule has 5 nitrogen and oxygen atoms in total. The van der Waals surface area contributed by atoms with Crippen LogP contribution in [0.15, 0.2) is 28.0 Å². The molecule has 1 fully saturated rings. The van der Waals surface area contributed by atoms with E-state index in [4.69, 9.17) is 0 Å². The summed E-state index contributed by atoms with van der Waals surface area (Å²) in [6.07, 6.45) is 7.15. The normalized spacial score (nSPS) is 24.3. The van der Waals surface area contributed by atoms with Crippen LogP contribution < -0.4 is 10.3 Å². The molecule has 0 bridgehead atoms. The number of pyridine rings is 1. The van der Waals surface area contributed by atoms with Crippen molar-refractivity contribution in [1.29, 1.82) is 0 Å². The van der Waals surface area contributed by atoms with Crippen LogP contribution in [0.3, 0.4) is 0 Å². The Balaban J connectivity index is 2.02. The van der Waals surface area contributed by atoms with Crippen molar-refractivity contribution < 1.29 is 8.42 Å². The molecule has 1 aromatic heterocycles. The Morgan fingerprint density at radius 2 is 1.95 bits per heavy atom. The molecule has 1 aliphatic carbocycles. The number of hydrogen-bond acceptors (Lipinski definition) is 4. The van der Waals surface area contributed by atoms with Crippen molar-refractivity contribution in [3.63, 3.8) is 0 Å². The van der Waals surface area contributed by atoms with Gasteiger partial charge in [-0.05, 0) is 38.0 Å². The van der Waals surface area contributed by atoms with Crippen LogP contribution in [0.1, 0.15) is 25.7 Å². The lowest BCUT2D eigenvalue weighted by atomic mass is 9.96. The minimum atomic E-state index is -3.53. The van der Waals surface area contributed by atoms with Gasteiger partial charge in [-0.3, -0.25) is 4.79 Å². The van der Waals surface area contributed by atoms with E-state index in [0.29, 0.717) is 5.25 Å². The highest BCUT2D eigenvalue weighted by Gasteiger charge is 2.25. The van der Waals surface area contributed by atoms with Crippen LogP contribution in [-0.2, 0) is 10.0 Å². The first-order chi connectivity index (χ1) is 9.01. The monoisotopic (exact) mass is 302 g/mol. The van der Waals surface area contributed by atoms with E-state index >= 15 is 0 Å². The number of hydrogen-bond donors (Lipinski definition) is 2. The maximum Gasteiger partial charge on any atom is 0.247 e. The summed E-state index contributed by atoms with van der Waals surface area (Å²) in [4.78, 5) is 13.4. The summed E-state index contributed by atoms with van der Waals surface area (Å²) in [5, 5.41) is 0.647. The van der Waals surface area contributed by atoms with Gasteiger partial charge in [0.25, 0.3) is 0 Å². The predicted octanol–water partition coefficient (Wildman–Crippen LogP) is 1.33. The lowest BCUT2D eigenvalue weighted by molar-refractivity contribution is 0.420. The minimum absolute atomic E-state index is 0.000304. The molecule has 0 saturated heterocycles. The maximum atomic E-state index is 12.1. The third-order valence-electron chi connectivity index (χ3n) is 3.40. The third-order valence-corrected chi connectivity index (χ3v) is 6.05. The molecule has 106 valence electrons. The standard InChI is InChI=1S/C12H18N2O3S2/c1-18-10-4-2-9(3-5-10)14-19(16,17)11-6-7-12(15)13-8-11/h6-10,14H,2-5H2,1H3,(H,13,15). The van der Waals surface area contributed by atoms with Gasteiger partial charge in [0.15, 0.2) is 0 Å². The first-order valence-corrected chi connectivity index (χ1v) is 9.02. The van der Waals surface area contributed by atoms with E-state index in [0.717, 1.165) is 25.7 Å². The van der Waals surface area contributed by atoms with Gasteiger partial charge in [-0.25, -0.2) is 13.1 Å². The zero-order valence-corrected chi connectivity index (χ0v) is 12.4. The maximum absolute atomic E-state index is 12.1. The van der Waals surface area contributed by atoms with E-state index < -0.39 is 10.0 Å². The number of thioether (sulfide) groups is 1. The summed E-state index contributed by atoms with van der Waals surface area (Å²) in [6, 6.07) is 2.55. The molecule has 0 atom stereocenters. The summed E-state index contributed by atoms with van der Waals surface area (Å²) in [6.45, 7) is 0. The lowest BCUT2D eigenvalue weighted by Crippen LogP contribution is -2.38.